The minimum absolute atomic E-state index is 0.0566. The lowest BCUT2D eigenvalue weighted by molar-refractivity contribution is -0.765. The van der Waals surface area contributed by atoms with Crippen molar-refractivity contribution in [1.82, 2.24) is 19.5 Å². The van der Waals surface area contributed by atoms with E-state index in [1.165, 1.54) is 51.7 Å². The summed E-state index contributed by atoms with van der Waals surface area (Å²) in [4.78, 5) is 46.3. The number of primary amides is 1. The van der Waals surface area contributed by atoms with E-state index in [0.717, 1.165) is 0 Å². The number of imidazole rings is 1. The first-order valence-corrected chi connectivity index (χ1v) is 17.7. The van der Waals surface area contributed by atoms with Crippen molar-refractivity contribution in [2.75, 3.05) is 24.7 Å². The number of thioether (sulfide) groups is 1. The van der Waals surface area contributed by atoms with E-state index in [-0.39, 0.29) is 22.5 Å². The van der Waals surface area contributed by atoms with Crippen LogP contribution >= 0.6 is 27.4 Å². The number of nitrogens with two attached hydrogens (primary N) is 2. The molecule has 24 heteroatoms. The molecule has 9 N–H and O–H groups in total. The monoisotopic (exact) mass is 723 g/mol. The Morgan fingerprint density at radius 2 is 1.79 bits per heavy atom. The molecular weight excluding hydrogens is 692 g/mol. The molecular formula is C23H31N7O14P2S. The van der Waals surface area contributed by atoms with E-state index in [1.807, 2.05) is 6.92 Å². The van der Waals surface area contributed by atoms with Gasteiger partial charge in [0.1, 0.15) is 42.4 Å². The Labute approximate surface area is 269 Å². The van der Waals surface area contributed by atoms with E-state index in [0.29, 0.717) is 10.9 Å². The number of carbonyl (C=O) groups is 1. The summed E-state index contributed by atoms with van der Waals surface area (Å²) in [6, 6.07) is 2.82. The molecule has 0 saturated carbocycles. The van der Waals surface area contributed by atoms with Gasteiger partial charge in [-0.1, -0.05) is 18.7 Å². The molecule has 10 atom stereocenters. The molecule has 2 aliphatic rings. The Morgan fingerprint density at radius 1 is 1.11 bits per heavy atom. The number of ether oxygens (including phenoxy) is 2. The van der Waals surface area contributed by atoms with Gasteiger partial charge >= 0.3 is 7.82 Å². The number of amides is 1. The normalized spacial score (nSPS) is 30.4. The smallest absolute Gasteiger partial charge is 0.478 e. The summed E-state index contributed by atoms with van der Waals surface area (Å²) in [5.41, 5.74) is 11.6. The Bertz CT molecular complexity index is 1720. The first-order valence-electron chi connectivity index (χ1n) is 13.7. The highest BCUT2D eigenvalue weighted by Gasteiger charge is 2.49. The van der Waals surface area contributed by atoms with Crippen LogP contribution in [0.3, 0.4) is 0 Å². The highest BCUT2D eigenvalue weighted by atomic mass is 32.2. The summed E-state index contributed by atoms with van der Waals surface area (Å²) in [5.74, 6) is -0.167. The number of fused-ring (bicyclic) bond motifs is 1. The van der Waals surface area contributed by atoms with Gasteiger partial charge in [-0.3, -0.25) is 18.5 Å². The molecule has 47 heavy (non-hydrogen) atoms. The van der Waals surface area contributed by atoms with Crippen LogP contribution in [-0.2, 0) is 32.0 Å². The summed E-state index contributed by atoms with van der Waals surface area (Å²) < 4.78 is 52.3. The van der Waals surface area contributed by atoms with E-state index >= 15 is 0 Å². The zero-order valence-corrected chi connectivity index (χ0v) is 26.8. The van der Waals surface area contributed by atoms with Crippen LogP contribution in [0.2, 0.25) is 0 Å². The predicted molar refractivity (Wildman–Crippen MR) is 154 cm³/mol. The fraction of sp³-hybridized carbons (Fsp3) is 0.522. The van der Waals surface area contributed by atoms with Gasteiger partial charge in [-0.2, -0.15) is 4.57 Å². The lowest BCUT2D eigenvalue weighted by Crippen LogP contribution is -2.46. The number of aliphatic hydroxyl groups is 4. The first-order chi connectivity index (χ1) is 22.1. The van der Waals surface area contributed by atoms with Crippen molar-refractivity contribution in [2.24, 2.45) is 5.73 Å². The summed E-state index contributed by atoms with van der Waals surface area (Å²) in [7, 11) is -11.1. The topological polar surface area (TPSA) is 321 Å². The van der Waals surface area contributed by atoms with E-state index in [9.17, 15) is 44.1 Å². The van der Waals surface area contributed by atoms with Gasteiger partial charge < -0.3 is 55.7 Å². The summed E-state index contributed by atoms with van der Waals surface area (Å²) in [5, 5.41) is 42.5. The van der Waals surface area contributed by atoms with Gasteiger partial charge in [0.25, 0.3) is 20.0 Å². The van der Waals surface area contributed by atoms with Gasteiger partial charge in [0, 0.05) is 6.07 Å². The maximum Gasteiger partial charge on any atom is 0.478 e. The minimum atomic E-state index is -5.63. The van der Waals surface area contributed by atoms with Gasteiger partial charge in [-0.25, -0.2) is 23.8 Å². The van der Waals surface area contributed by atoms with Crippen LogP contribution in [0, 0.1) is 0 Å². The van der Waals surface area contributed by atoms with Crippen LogP contribution in [0.25, 0.3) is 11.2 Å². The molecule has 0 aliphatic carbocycles. The maximum atomic E-state index is 12.5. The summed E-state index contributed by atoms with van der Waals surface area (Å²) in [6.07, 6.45) is -8.32. The van der Waals surface area contributed by atoms with Gasteiger partial charge in [0.15, 0.2) is 46.9 Å². The van der Waals surface area contributed by atoms with Gasteiger partial charge in [-0.05, 0) is 11.8 Å². The lowest BCUT2D eigenvalue weighted by atomic mass is 10.1. The van der Waals surface area contributed by atoms with E-state index in [4.69, 9.17) is 25.5 Å². The Kier molecular flexibility index (Phi) is 10.7. The summed E-state index contributed by atoms with van der Waals surface area (Å²) >= 11 is 1.25. The maximum absolute atomic E-state index is 12.5. The lowest BCUT2D eigenvalue weighted by Gasteiger charge is -2.26. The highest BCUT2D eigenvalue weighted by molar-refractivity contribution is 7.99. The first kappa shape index (κ1) is 35.6. The van der Waals surface area contributed by atoms with Crippen LogP contribution < -0.4 is 20.9 Å². The minimum Gasteiger partial charge on any atom is -0.756 e. The molecule has 0 spiro atoms. The fourth-order valence-corrected chi connectivity index (χ4v) is 7.66. The molecule has 21 nitrogen and oxygen atoms in total. The molecule has 5 rings (SSSR count). The number of phosphoric ester groups is 2. The molecule has 1 amide bonds. The quantitative estimate of drug-likeness (QED) is 0.0543. The zero-order valence-electron chi connectivity index (χ0n) is 24.2. The van der Waals surface area contributed by atoms with E-state index in [1.54, 1.807) is 0 Å². The third kappa shape index (κ3) is 7.66. The number of nitrogens with zero attached hydrogens (tertiary/aromatic N) is 5. The van der Waals surface area contributed by atoms with Crippen LogP contribution in [-0.4, -0.2) is 106 Å². The molecule has 0 bridgehead atoms. The average molecular weight is 724 g/mol. The molecule has 2 fully saturated rings. The number of phosphoric acid groups is 2. The second-order valence-corrected chi connectivity index (χ2v) is 14.4. The van der Waals surface area contributed by atoms with Crippen LogP contribution in [0.5, 0.6) is 0 Å². The van der Waals surface area contributed by atoms with Crippen LogP contribution in [0.1, 0.15) is 29.7 Å². The number of hydrogen-bond donors (Lipinski definition) is 7. The zero-order chi connectivity index (χ0) is 34.3. The average Bonchev–Trinajstić information content (AvgIpc) is 3.62. The third-order valence-electron chi connectivity index (χ3n) is 7.08. The van der Waals surface area contributed by atoms with Gasteiger partial charge in [0.05, 0.1) is 13.2 Å². The van der Waals surface area contributed by atoms with Crippen molar-refractivity contribution in [3.05, 3.63) is 36.4 Å². The fourth-order valence-electron chi connectivity index (χ4n) is 4.86. The number of aromatic nitrogens is 5. The largest absolute Gasteiger partial charge is 0.756 e. The van der Waals surface area contributed by atoms with E-state index in [2.05, 4.69) is 23.8 Å². The van der Waals surface area contributed by atoms with Gasteiger partial charge in [-0.15, -0.1) is 0 Å². The van der Waals surface area contributed by atoms with Crippen LogP contribution in [0.15, 0.2) is 36.0 Å². The highest BCUT2D eigenvalue weighted by Crippen LogP contribution is 2.58. The number of aliphatic hydroxyl groups excluding tert-OH is 4. The van der Waals surface area contributed by atoms with Crippen molar-refractivity contribution in [3.63, 3.8) is 0 Å². The number of rotatable bonds is 13. The predicted octanol–water partition coefficient (Wildman–Crippen LogP) is -2.54. The Hall–Kier alpha value is -2.66. The molecule has 2 saturated heterocycles. The molecule has 0 aromatic carbocycles. The number of anilines is 1. The van der Waals surface area contributed by atoms with Crippen molar-refractivity contribution >= 4 is 50.3 Å². The van der Waals surface area contributed by atoms with Gasteiger partial charge in [0.2, 0.25) is 0 Å². The molecule has 3 aromatic rings. The SMILES string of the molecule is CCSc1nc2c(N)ncnc2n1C1OC(COP(=O)(O)OP(=O)([O-])OCC2OC([n+]3cccc(C(N)=O)c3)C(O)C2O)C(O)C1O. The molecule has 0 radical (unpaired) electrons. The summed E-state index contributed by atoms with van der Waals surface area (Å²) in [6.45, 7) is -0.0513. The Morgan fingerprint density at radius 3 is 2.49 bits per heavy atom. The second kappa shape index (κ2) is 14.1. The number of carbonyl (C=O) groups excluding carboxylic acids is 1. The van der Waals surface area contributed by atoms with Crippen molar-refractivity contribution < 1.29 is 71.5 Å². The number of pyridine rings is 1. The van der Waals surface area contributed by atoms with E-state index < -0.39 is 83.8 Å². The molecule has 5 heterocycles. The second-order valence-electron chi connectivity index (χ2n) is 10.2. The standard InChI is InChI=1S/C23H31N7O14P2S/c1-2-47-23-28-13-18(24)26-9-27-20(13)30(23)22-17(34)15(32)12(43-22)8-41-46(38,39)44-45(36,37)40-7-11-14(31)16(33)21(42-11)29-5-3-4-10(6-29)19(25)35/h3-6,9,11-12,14-17,21-22,31-34H,2,7-8H2,1H3,(H5-,24,25,26,27,35,36,37,38,39). The van der Waals surface area contributed by atoms with Crippen molar-refractivity contribution in [1.29, 1.82) is 0 Å². The molecule has 2 aliphatic heterocycles. The van der Waals surface area contributed by atoms with Crippen molar-refractivity contribution in [2.45, 2.75) is 61.2 Å². The number of nitrogen functional groups attached to an aromatic ring is 1. The van der Waals surface area contributed by atoms with Crippen LogP contribution in [0.4, 0.5) is 5.82 Å². The number of hydrogen-bond acceptors (Lipinski definition) is 18. The molecule has 10 unspecified atom stereocenters. The Balaban J connectivity index is 1.19. The molecule has 3 aromatic heterocycles. The third-order valence-corrected chi connectivity index (χ3v) is 10.5. The molecule has 258 valence electrons. The van der Waals surface area contributed by atoms with Crippen molar-refractivity contribution in [3.8, 4) is 0 Å².